The normalized spacial score (nSPS) is 12.1. The van der Waals surface area contributed by atoms with Gasteiger partial charge < -0.3 is 25.8 Å². The largest absolute Gasteiger partial charge is 0.476 e. The Kier molecular flexibility index (Phi) is 11.6. The quantitative estimate of drug-likeness (QED) is 0.142. The van der Waals surface area contributed by atoms with Crippen LogP contribution in [0, 0.1) is 5.82 Å². The van der Waals surface area contributed by atoms with Crippen molar-refractivity contribution in [1.82, 2.24) is 10.6 Å². The number of carbonyl (C=O) groups is 3. The molecule has 4 rings (SSSR count). The summed E-state index contributed by atoms with van der Waals surface area (Å²) in [7, 11) is 0. The van der Waals surface area contributed by atoms with Crippen molar-refractivity contribution >= 4 is 35.0 Å². The molecular weight excluding hydrogens is 599 g/mol. The monoisotopic (exact) mass is 632 g/mol. The van der Waals surface area contributed by atoms with E-state index in [9.17, 15) is 18.8 Å². The Morgan fingerprint density at radius 3 is 2.36 bits per heavy atom. The Morgan fingerprint density at radius 2 is 1.67 bits per heavy atom. The first-order valence-electron chi connectivity index (χ1n) is 14.3. The fourth-order valence-corrected chi connectivity index (χ4v) is 4.62. The Balaban J connectivity index is 1.62. The minimum atomic E-state index is -1.37. The van der Waals surface area contributed by atoms with E-state index in [0.29, 0.717) is 40.6 Å². The summed E-state index contributed by atoms with van der Waals surface area (Å²) in [4.78, 5) is 38.5. The lowest BCUT2D eigenvalue weighted by Crippen LogP contribution is -2.47. The van der Waals surface area contributed by atoms with E-state index in [4.69, 9.17) is 26.8 Å². The van der Waals surface area contributed by atoms with Gasteiger partial charge in [0.2, 0.25) is 17.9 Å². The zero-order valence-electron chi connectivity index (χ0n) is 24.8. The second-order valence-corrected chi connectivity index (χ2v) is 10.6. The van der Waals surface area contributed by atoms with Gasteiger partial charge in [0.25, 0.3) is 5.91 Å². The maximum Gasteiger partial charge on any atom is 0.272 e. The van der Waals surface area contributed by atoms with Gasteiger partial charge in [0.05, 0.1) is 6.04 Å². The van der Waals surface area contributed by atoms with Crippen molar-refractivity contribution in [2.75, 3.05) is 5.32 Å². The van der Waals surface area contributed by atoms with Gasteiger partial charge in [-0.05, 0) is 72.6 Å². The highest BCUT2D eigenvalue weighted by molar-refractivity contribution is 6.30. The molecule has 0 aromatic heterocycles. The van der Waals surface area contributed by atoms with Crippen LogP contribution in [0.3, 0.4) is 0 Å². The number of anilines is 1. The molecule has 4 aromatic rings. The predicted octanol–water partition coefficient (Wildman–Crippen LogP) is 6.02. The van der Waals surface area contributed by atoms with Crippen LogP contribution in [0.25, 0.3) is 0 Å². The second-order valence-electron chi connectivity index (χ2n) is 10.1. The summed E-state index contributed by atoms with van der Waals surface area (Å²) in [6, 6.07) is 23.7. The molecule has 2 atom stereocenters. The van der Waals surface area contributed by atoms with Crippen LogP contribution >= 0.6 is 11.6 Å². The second kappa shape index (κ2) is 15.8. The van der Waals surface area contributed by atoms with E-state index in [1.165, 1.54) is 13.0 Å². The molecule has 2 unspecified atom stereocenters. The standard InChI is InChI=1S/C34H34ClFN4O5/c1-3-30(38-20-23-8-4-5-10-29(23)36)33(42)40-34(43)32(45-26-14-12-25(13-15-26)39-21(2)41)28-16-11-24(35)18-31(28)44-27-9-6-7-22(17-27)19-37/h4-18,30,32,38H,3,19-20,37H2,1-2H3,(H,39,41)(H,40,42,43). The topological polar surface area (TPSA) is 132 Å². The molecule has 11 heteroatoms. The van der Waals surface area contributed by atoms with Crippen LogP contribution < -0.4 is 31.2 Å². The Hall–Kier alpha value is -4.77. The summed E-state index contributed by atoms with van der Waals surface area (Å²) in [5.41, 5.74) is 7.84. The maximum atomic E-state index is 14.1. The highest BCUT2D eigenvalue weighted by atomic mass is 35.5. The number of carbonyl (C=O) groups excluding carboxylic acids is 3. The van der Waals surface area contributed by atoms with Gasteiger partial charge in [-0.2, -0.15) is 0 Å². The molecular formula is C34H34ClFN4O5. The SMILES string of the molecule is CCC(NCc1ccccc1F)C(=O)NC(=O)C(Oc1ccc(NC(C)=O)cc1)c1ccc(Cl)cc1Oc1cccc(CN)c1. The molecule has 0 aliphatic heterocycles. The maximum absolute atomic E-state index is 14.1. The van der Waals surface area contributed by atoms with E-state index in [1.807, 2.05) is 6.07 Å². The van der Waals surface area contributed by atoms with Crippen molar-refractivity contribution in [2.24, 2.45) is 5.73 Å². The third-order valence-electron chi connectivity index (χ3n) is 6.75. The van der Waals surface area contributed by atoms with E-state index in [2.05, 4.69) is 16.0 Å². The van der Waals surface area contributed by atoms with Gasteiger partial charge in [-0.1, -0.05) is 48.9 Å². The lowest BCUT2D eigenvalue weighted by atomic mass is 10.1. The van der Waals surface area contributed by atoms with Crippen molar-refractivity contribution in [3.63, 3.8) is 0 Å². The molecule has 0 bridgehead atoms. The molecule has 0 fully saturated rings. The number of nitrogens with one attached hydrogen (secondary N) is 3. The van der Waals surface area contributed by atoms with E-state index in [0.717, 1.165) is 5.56 Å². The number of halogens is 2. The van der Waals surface area contributed by atoms with Crippen LogP contribution in [0.1, 0.15) is 43.1 Å². The first-order chi connectivity index (χ1) is 21.7. The molecule has 9 nitrogen and oxygen atoms in total. The number of hydrogen-bond acceptors (Lipinski definition) is 7. The number of rotatable bonds is 13. The minimum absolute atomic E-state index is 0.0877. The summed E-state index contributed by atoms with van der Waals surface area (Å²) in [6.45, 7) is 3.55. The van der Waals surface area contributed by atoms with Crippen LogP contribution in [0.15, 0.2) is 91.0 Å². The molecule has 0 spiro atoms. The summed E-state index contributed by atoms with van der Waals surface area (Å²) in [6.07, 6.45) is -1.04. The van der Waals surface area contributed by atoms with Gasteiger partial charge in [0.15, 0.2) is 0 Å². The van der Waals surface area contributed by atoms with Gasteiger partial charge >= 0.3 is 0 Å². The minimum Gasteiger partial charge on any atom is -0.476 e. The van der Waals surface area contributed by atoms with Gasteiger partial charge in [0.1, 0.15) is 23.1 Å². The zero-order valence-corrected chi connectivity index (χ0v) is 25.6. The summed E-state index contributed by atoms with van der Waals surface area (Å²) >= 11 is 6.32. The van der Waals surface area contributed by atoms with Crippen LogP contribution in [-0.2, 0) is 27.5 Å². The first kappa shape index (κ1) is 33.1. The number of hydrogen-bond donors (Lipinski definition) is 4. The molecule has 0 saturated carbocycles. The molecule has 0 aliphatic carbocycles. The molecule has 234 valence electrons. The average molecular weight is 633 g/mol. The molecule has 0 heterocycles. The lowest BCUT2D eigenvalue weighted by Gasteiger charge is -2.23. The highest BCUT2D eigenvalue weighted by Crippen LogP contribution is 2.35. The fraction of sp³-hybridized carbons (Fsp3) is 0.206. The smallest absolute Gasteiger partial charge is 0.272 e. The Labute approximate surface area is 265 Å². The van der Waals surface area contributed by atoms with Crippen LogP contribution in [0.5, 0.6) is 17.2 Å². The van der Waals surface area contributed by atoms with Crippen LogP contribution in [-0.4, -0.2) is 23.8 Å². The zero-order chi connectivity index (χ0) is 32.3. The Morgan fingerprint density at radius 1 is 0.911 bits per heavy atom. The van der Waals surface area contributed by atoms with Gasteiger partial charge in [0, 0.05) is 41.9 Å². The lowest BCUT2D eigenvalue weighted by molar-refractivity contribution is -0.136. The number of ether oxygens (including phenoxy) is 2. The van der Waals surface area contributed by atoms with Gasteiger partial charge in [-0.25, -0.2) is 4.39 Å². The van der Waals surface area contributed by atoms with Crippen LogP contribution in [0.2, 0.25) is 5.02 Å². The van der Waals surface area contributed by atoms with Crippen molar-refractivity contribution in [1.29, 1.82) is 0 Å². The summed E-state index contributed by atoms with van der Waals surface area (Å²) in [5, 5.41) is 8.47. The number of amides is 3. The molecule has 0 aliphatic rings. The predicted molar refractivity (Wildman–Crippen MR) is 170 cm³/mol. The summed E-state index contributed by atoms with van der Waals surface area (Å²) < 4.78 is 26.5. The molecule has 3 amide bonds. The molecule has 0 saturated heterocycles. The number of benzene rings is 4. The molecule has 5 N–H and O–H groups in total. The van der Waals surface area contributed by atoms with E-state index >= 15 is 0 Å². The fourth-order valence-electron chi connectivity index (χ4n) is 4.46. The molecule has 0 radical (unpaired) electrons. The van der Waals surface area contributed by atoms with Gasteiger partial charge in [-0.3, -0.25) is 19.7 Å². The van der Waals surface area contributed by atoms with E-state index < -0.39 is 29.8 Å². The molecule has 45 heavy (non-hydrogen) atoms. The summed E-state index contributed by atoms with van der Waals surface area (Å²) in [5.74, 6) is -1.05. The number of imide groups is 1. The Bertz CT molecular complexity index is 1650. The van der Waals surface area contributed by atoms with Crippen molar-refractivity contribution in [2.45, 2.75) is 45.5 Å². The third kappa shape index (κ3) is 9.36. The van der Waals surface area contributed by atoms with E-state index in [-0.39, 0.29) is 24.0 Å². The van der Waals surface area contributed by atoms with Gasteiger partial charge in [-0.15, -0.1) is 0 Å². The highest BCUT2D eigenvalue weighted by Gasteiger charge is 2.30. The molecule has 4 aromatic carbocycles. The van der Waals surface area contributed by atoms with Crippen molar-refractivity contribution in [3.05, 3.63) is 119 Å². The van der Waals surface area contributed by atoms with Crippen molar-refractivity contribution < 1.29 is 28.2 Å². The van der Waals surface area contributed by atoms with Crippen molar-refractivity contribution in [3.8, 4) is 17.2 Å². The average Bonchev–Trinajstić information content (AvgIpc) is 3.02. The van der Waals surface area contributed by atoms with E-state index in [1.54, 1.807) is 85.8 Å². The first-order valence-corrected chi connectivity index (χ1v) is 14.7. The number of nitrogens with two attached hydrogens (primary N) is 1. The third-order valence-corrected chi connectivity index (χ3v) is 6.99. The van der Waals surface area contributed by atoms with Crippen LogP contribution in [0.4, 0.5) is 10.1 Å².